The number of nitrogens with zero attached hydrogens (tertiary/aromatic N) is 1. The Balaban J connectivity index is 1.98. The number of carbonyl (C=O) groups excluding carboxylic acids is 1. The molecule has 0 radical (unpaired) electrons. The van der Waals surface area contributed by atoms with Gasteiger partial charge in [0.2, 0.25) is 5.95 Å². The molecule has 0 unspecified atom stereocenters. The number of rotatable bonds is 3. The van der Waals surface area contributed by atoms with Gasteiger partial charge in [0.1, 0.15) is 6.61 Å². The molecule has 5 heteroatoms. The minimum atomic E-state index is -0.689. The van der Waals surface area contributed by atoms with Crippen molar-refractivity contribution in [3.05, 3.63) is 52.2 Å². The molecule has 0 atom stereocenters. The smallest absolute Gasteiger partial charge is 0.338 e. The van der Waals surface area contributed by atoms with E-state index in [-0.39, 0.29) is 12.2 Å². The highest BCUT2D eigenvalue weighted by Gasteiger charge is 2.08. The average Bonchev–Trinajstić information content (AvgIpc) is 2.78. The Morgan fingerprint density at radius 3 is 3.06 bits per heavy atom. The number of halogens is 1. The number of esters is 1. The van der Waals surface area contributed by atoms with Crippen molar-refractivity contribution >= 4 is 17.3 Å². The second-order valence-electron chi connectivity index (χ2n) is 3.02. The van der Waals surface area contributed by atoms with Crippen LogP contribution in [0.1, 0.15) is 15.2 Å². The number of carbonyl (C=O) groups is 1. The summed E-state index contributed by atoms with van der Waals surface area (Å²) in [7, 11) is 0. The lowest BCUT2D eigenvalue weighted by atomic mass is 10.3. The number of hydrogen-bond donors (Lipinski definition) is 0. The van der Waals surface area contributed by atoms with Crippen LogP contribution in [0.2, 0.25) is 0 Å². The molecule has 2 aromatic rings. The third-order valence-corrected chi connectivity index (χ3v) is 2.74. The lowest BCUT2D eigenvalue weighted by molar-refractivity contribution is 0.0476. The Bertz CT molecular complexity index is 484. The molecule has 0 spiro atoms. The molecule has 0 amide bonds. The maximum absolute atomic E-state index is 12.7. The van der Waals surface area contributed by atoms with Crippen LogP contribution in [0.25, 0.3) is 0 Å². The van der Waals surface area contributed by atoms with Crippen LogP contribution in [0.5, 0.6) is 0 Å². The largest absolute Gasteiger partial charge is 0.456 e. The fourth-order valence-corrected chi connectivity index (χ4v) is 1.76. The van der Waals surface area contributed by atoms with Gasteiger partial charge in [-0.15, -0.1) is 11.3 Å². The van der Waals surface area contributed by atoms with Gasteiger partial charge in [0.05, 0.1) is 5.56 Å². The van der Waals surface area contributed by atoms with Crippen molar-refractivity contribution in [2.24, 2.45) is 0 Å². The first-order valence-electron chi connectivity index (χ1n) is 4.57. The molecule has 0 saturated heterocycles. The summed E-state index contributed by atoms with van der Waals surface area (Å²) >= 11 is 1.50. The summed E-state index contributed by atoms with van der Waals surface area (Å²) in [5.41, 5.74) is 0.170. The summed E-state index contributed by atoms with van der Waals surface area (Å²) in [5.74, 6) is -1.24. The van der Waals surface area contributed by atoms with Gasteiger partial charge in [-0.1, -0.05) is 6.07 Å². The Kier molecular flexibility index (Phi) is 3.26. The van der Waals surface area contributed by atoms with Crippen LogP contribution in [0.3, 0.4) is 0 Å². The highest BCUT2D eigenvalue weighted by Crippen LogP contribution is 2.11. The van der Waals surface area contributed by atoms with Gasteiger partial charge in [-0.25, -0.2) is 9.78 Å². The monoisotopic (exact) mass is 237 g/mol. The third kappa shape index (κ3) is 2.64. The van der Waals surface area contributed by atoms with Crippen LogP contribution in [-0.4, -0.2) is 11.0 Å². The molecule has 0 N–H and O–H groups in total. The lowest BCUT2D eigenvalue weighted by Gasteiger charge is -2.02. The molecule has 3 nitrogen and oxygen atoms in total. The fourth-order valence-electron chi connectivity index (χ4n) is 1.14. The molecule has 0 bridgehead atoms. The molecule has 0 aliphatic rings. The van der Waals surface area contributed by atoms with E-state index in [1.807, 2.05) is 17.5 Å². The maximum atomic E-state index is 12.7. The molecule has 2 rings (SSSR count). The van der Waals surface area contributed by atoms with Gasteiger partial charge >= 0.3 is 5.97 Å². The first kappa shape index (κ1) is 10.8. The van der Waals surface area contributed by atoms with E-state index in [1.54, 1.807) is 0 Å². The average molecular weight is 237 g/mol. The zero-order valence-electron chi connectivity index (χ0n) is 8.22. The summed E-state index contributed by atoms with van der Waals surface area (Å²) in [6.45, 7) is 0.209. The van der Waals surface area contributed by atoms with Gasteiger partial charge in [-0.2, -0.15) is 4.39 Å². The van der Waals surface area contributed by atoms with E-state index >= 15 is 0 Å². The van der Waals surface area contributed by atoms with Crippen LogP contribution >= 0.6 is 11.3 Å². The van der Waals surface area contributed by atoms with E-state index in [0.717, 1.165) is 10.9 Å². The second kappa shape index (κ2) is 4.85. The molecule has 2 aromatic heterocycles. The first-order valence-corrected chi connectivity index (χ1v) is 5.45. The first-order chi connectivity index (χ1) is 7.75. The number of ether oxygens (including phenoxy) is 1. The van der Waals surface area contributed by atoms with Crippen molar-refractivity contribution in [3.63, 3.8) is 0 Å². The predicted octanol–water partition coefficient (Wildman–Crippen LogP) is 2.64. The van der Waals surface area contributed by atoms with Gasteiger partial charge in [0, 0.05) is 17.1 Å². The molecule has 82 valence electrons. The molecular formula is C11H8FNO2S. The van der Waals surface area contributed by atoms with Gasteiger partial charge in [-0.3, -0.25) is 0 Å². The third-order valence-electron chi connectivity index (χ3n) is 1.89. The second-order valence-corrected chi connectivity index (χ2v) is 4.05. The van der Waals surface area contributed by atoms with Gasteiger partial charge in [0.15, 0.2) is 0 Å². The quantitative estimate of drug-likeness (QED) is 0.608. The summed E-state index contributed by atoms with van der Waals surface area (Å²) < 4.78 is 17.7. The molecular weight excluding hydrogens is 229 g/mol. The molecule has 0 fully saturated rings. The minimum absolute atomic E-state index is 0.170. The summed E-state index contributed by atoms with van der Waals surface area (Å²) in [6, 6.07) is 6.21. The van der Waals surface area contributed by atoms with E-state index in [1.165, 1.54) is 23.6 Å². The van der Waals surface area contributed by atoms with Crippen molar-refractivity contribution in [2.75, 3.05) is 0 Å². The Hall–Kier alpha value is -1.75. The van der Waals surface area contributed by atoms with Crippen molar-refractivity contribution in [3.8, 4) is 0 Å². The van der Waals surface area contributed by atoms with Gasteiger partial charge in [0.25, 0.3) is 0 Å². The zero-order chi connectivity index (χ0) is 11.4. The fraction of sp³-hybridized carbons (Fsp3) is 0.0909. The number of hydrogen-bond acceptors (Lipinski definition) is 4. The highest BCUT2D eigenvalue weighted by atomic mass is 32.1. The van der Waals surface area contributed by atoms with Crippen molar-refractivity contribution in [1.29, 1.82) is 0 Å². The predicted molar refractivity (Wildman–Crippen MR) is 57.6 cm³/mol. The molecule has 16 heavy (non-hydrogen) atoms. The maximum Gasteiger partial charge on any atom is 0.338 e. The summed E-state index contributed by atoms with van der Waals surface area (Å²) in [4.78, 5) is 15.8. The number of aromatic nitrogens is 1. The zero-order valence-corrected chi connectivity index (χ0v) is 9.04. The van der Waals surface area contributed by atoms with E-state index in [0.29, 0.717) is 0 Å². The summed E-state index contributed by atoms with van der Waals surface area (Å²) in [6.07, 6.45) is 1.23. The number of pyridine rings is 1. The van der Waals surface area contributed by atoms with Gasteiger partial charge < -0.3 is 4.74 Å². The van der Waals surface area contributed by atoms with E-state index in [9.17, 15) is 9.18 Å². The topological polar surface area (TPSA) is 39.2 Å². The molecule has 2 heterocycles. The Labute approximate surface area is 95.5 Å². The highest BCUT2D eigenvalue weighted by molar-refractivity contribution is 7.09. The standard InChI is InChI=1S/C11H8FNO2S/c12-10-6-8(3-4-13-10)11(14)15-7-9-2-1-5-16-9/h1-6H,7H2. The lowest BCUT2D eigenvalue weighted by Crippen LogP contribution is -2.05. The number of thiophene rings is 1. The Morgan fingerprint density at radius 1 is 1.50 bits per heavy atom. The van der Waals surface area contributed by atoms with Crippen molar-refractivity contribution in [1.82, 2.24) is 4.98 Å². The van der Waals surface area contributed by atoms with Crippen LogP contribution in [0.15, 0.2) is 35.8 Å². The van der Waals surface area contributed by atoms with E-state index < -0.39 is 11.9 Å². The van der Waals surface area contributed by atoms with E-state index in [2.05, 4.69) is 4.98 Å². The van der Waals surface area contributed by atoms with Crippen LogP contribution in [-0.2, 0) is 11.3 Å². The van der Waals surface area contributed by atoms with Crippen molar-refractivity contribution in [2.45, 2.75) is 6.61 Å². The molecule has 0 aliphatic carbocycles. The Morgan fingerprint density at radius 2 is 2.38 bits per heavy atom. The molecule has 0 saturated carbocycles. The minimum Gasteiger partial charge on any atom is -0.456 e. The van der Waals surface area contributed by atoms with Crippen LogP contribution in [0, 0.1) is 5.95 Å². The molecule has 0 aliphatic heterocycles. The SMILES string of the molecule is O=C(OCc1cccs1)c1ccnc(F)c1. The van der Waals surface area contributed by atoms with Crippen LogP contribution in [0.4, 0.5) is 4.39 Å². The van der Waals surface area contributed by atoms with Crippen LogP contribution < -0.4 is 0 Å². The van der Waals surface area contributed by atoms with E-state index in [4.69, 9.17) is 4.74 Å². The van der Waals surface area contributed by atoms with Gasteiger partial charge in [-0.05, 0) is 17.5 Å². The van der Waals surface area contributed by atoms with Crippen molar-refractivity contribution < 1.29 is 13.9 Å². The molecule has 0 aromatic carbocycles. The summed E-state index contributed by atoms with van der Waals surface area (Å²) in [5, 5.41) is 1.90. The normalized spacial score (nSPS) is 10.1.